The van der Waals surface area contributed by atoms with Crippen molar-refractivity contribution in [1.82, 2.24) is 10.2 Å². The van der Waals surface area contributed by atoms with E-state index in [9.17, 15) is 9.59 Å². The molecule has 3 rings (SSSR count). The zero-order chi connectivity index (χ0) is 17.8. The predicted molar refractivity (Wildman–Crippen MR) is 99.9 cm³/mol. The number of anilines is 1. The van der Waals surface area contributed by atoms with E-state index in [1.165, 1.54) is 10.4 Å². The van der Waals surface area contributed by atoms with Gasteiger partial charge in [0.25, 0.3) is 5.91 Å². The van der Waals surface area contributed by atoms with Crippen molar-refractivity contribution in [2.24, 2.45) is 5.73 Å². The number of rotatable bonds is 5. The molecule has 2 heterocycles. The standard InChI is InChI=1S/C18H22N4O2S/c1-12(22-7-5-16-14(11-22)6-8-25-16)10-20-17(23)13-3-2-4-15(9-13)21-18(19)24/h2-4,6,8-9,12H,5,7,10-11H2,1H3,(H,20,23)(H3,19,21,24). The maximum absolute atomic E-state index is 12.4. The van der Waals surface area contributed by atoms with E-state index in [2.05, 4.69) is 33.9 Å². The van der Waals surface area contributed by atoms with Crippen LogP contribution in [-0.4, -0.2) is 36.0 Å². The molecule has 4 N–H and O–H groups in total. The first-order valence-corrected chi connectivity index (χ1v) is 9.15. The molecule has 6 nitrogen and oxygen atoms in total. The highest BCUT2D eigenvalue weighted by Gasteiger charge is 2.21. The number of urea groups is 1. The summed E-state index contributed by atoms with van der Waals surface area (Å²) in [5, 5.41) is 7.59. The molecule has 1 atom stereocenters. The minimum atomic E-state index is -0.649. The first-order chi connectivity index (χ1) is 12.0. The Labute approximate surface area is 151 Å². The molecule has 0 spiro atoms. The molecule has 1 aliphatic rings. The van der Waals surface area contributed by atoms with E-state index in [1.807, 2.05) is 11.3 Å². The van der Waals surface area contributed by atoms with Crippen molar-refractivity contribution in [3.8, 4) is 0 Å². The molecule has 7 heteroatoms. The Hall–Kier alpha value is -2.38. The predicted octanol–water partition coefficient (Wildman–Crippen LogP) is 2.42. The van der Waals surface area contributed by atoms with Gasteiger partial charge in [-0.15, -0.1) is 11.3 Å². The minimum absolute atomic E-state index is 0.159. The third kappa shape index (κ3) is 4.37. The summed E-state index contributed by atoms with van der Waals surface area (Å²) >= 11 is 1.82. The molecule has 0 aliphatic carbocycles. The summed E-state index contributed by atoms with van der Waals surface area (Å²) in [5.41, 5.74) is 7.51. The molecule has 3 amide bonds. The number of nitrogens with two attached hydrogens (primary N) is 1. The second-order valence-corrected chi connectivity index (χ2v) is 7.22. The van der Waals surface area contributed by atoms with Gasteiger partial charge in [-0.25, -0.2) is 4.79 Å². The van der Waals surface area contributed by atoms with Crippen LogP contribution in [0.2, 0.25) is 0 Å². The van der Waals surface area contributed by atoms with Gasteiger partial charge in [-0.1, -0.05) is 6.07 Å². The summed E-state index contributed by atoms with van der Waals surface area (Å²) in [6.45, 7) is 4.66. The Morgan fingerprint density at radius 1 is 1.36 bits per heavy atom. The first kappa shape index (κ1) is 17.4. The molecular weight excluding hydrogens is 336 g/mol. The Balaban J connectivity index is 1.54. The van der Waals surface area contributed by atoms with Crippen LogP contribution in [0.1, 0.15) is 27.7 Å². The van der Waals surface area contributed by atoms with Gasteiger partial charge in [0.1, 0.15) is 0 Å². The van der Waals surface area contributed by atoms with Crippen LogP contribution in [0.5, 0.6) is 0 Å². The van der Waals surface area contributed by atoms with Crippen LogP contribution in [0.15, 0.2) is 35.7 Å². The molecule has 2 aromatic rings. The van der Waals surface area contributed by atoms with Gasteiger partial charge >= 0.3 is 6.03 Å². The largest absolute Gasteiger partial charge is 0.351 e. The number of thiophene rings is 1. The summed E-state index contributed by atoms with van der Waals surface area (Å²) in [7, 11) is 0. The van der Waals surface area contributed by atoms with Crippen molar-refractivity contribution >= 4 is 29.0 Å². The number of nitrogens with one attached hydrogen (secondary N) is 2. The number of carbonyl (C=O) groups is 2. The van der Waals surface area contributed by atoms with Crippen LogP contribution in [-0.2, 0) is 13.0 Å². The lowest BCUT2D eigenvalue weighted by atomic mass is 10.1. The Morgan fingerprint density at radius 2 is 2.20 bits per heavy atom. The van der Waals surface area contributed by atoms with Crippen LogP contribution in [0.3, 0.4) is 0 Å². The summed E-state index contributed by atoms with van der Waals surface area (Å²) in [4.78, 5) is 27.1. The van der Waals surface area contributed by atoms with Crippen LogP contribution < -0.4 is 16.4 Å². The van der Waals surface area contributed by atoms with Gasteiger partial charge in [-0.05, 0) is 48.6 Å². The molecule has 1 aromatic carbocycles. The smallest absolute Gasteiger partial charge is 0.316 e. The van der Waals surface area contributed by atoms with E-state index in [0.717, 1.165) is 19.5 Å². The van der Waals surface area contributed by atoms with Crippen LogP contribution in [0.4, 0.5) is 10.5 Å². The van der Waals surface area contributed by atoms with Crippen molar-refractivity contribution in [3.05, 3.63) is 51.7 Å². The fourth-order valence-electron chi connectivity index (χ4n) is 3.00. The molecule has 0 radical (unpaired) electrons. The SMILES string of the molecule is CC(CNC(=O)c1cccc(NC(N)=O)c1)N1CCc2sccc2C1. The van der Waals surface area contributed by atoms with Crippen molar-refractivity contribution < 1.29 is 9.59 Å². The maximum Gasteiger partial charge on any atom is 0.316 e. The molecule has 1 aromatic heterocycles. The van der Waals surface area contributed by atoms with E-state index in [-0.39, 0.29) is 11.9 Å². The number of nitrogens with zero attached hydrogens (tertiary/aromatic N) is 1. The number of amides is 3. The maximum atomic E-state index is 12.4. The van der Waals surface area contributed by atoms with Crippen molar-refractivity contribution in [1.29, 1.82) is 0 Å². The summed E-state index contributed by atoms with van der Waals surface area (Å²) in [6, 6.07) is 8.53. The number of benzene rings is 1. The van der Waals surface area contributed by atoms with Gasteiger partial charge < -0.3 is 16.4 Å². The fourth-order valence-corrected chi connectivity index (χ4v) is 3.89. The molecule has 0 fully saturated rings. The zero-order valence-electron chi connectivity index (χ0n) is 14.1. The second-order valence-electron chi connectivity index (χ2n) is 6.22. The number of fused-ring (bicyclic) bond motifs is 1. The van der Waals surface area contributed by atoms with E-state index in [4.69, 9.17) is 5.73 Å². The highest BCUT2D eigenvalue weighted by molar-refractivity contribution is 7.10. The summed E-state index contributed by atoms with van der Waals surface area (Å²) < 4.78 is 0. The molecule has 1 unspecified atom stereocenters. The van der Waals surface area contributed by atoms with Gasteiger partial charge in [-0.2, -0.15) is 0 Å². The van der Waals surface area contributed by atoms with E-state index in [0.29, 0.717) is 17.8 Å². The third-order valence-electron chi connectivity index (χ3n) is 4.41. The van der Waals surface area contributed by atoms with Crippen LogP contribution in [0, 0.1) is 0 Å². The molecule has 0 saturated carbocycles. The van der Waals surface area contributed by atoms with Gasteiger partial charge in [0.05, 0.1) is 0 Å². The highest BCUT2D eigenvalue weighted by Crippen LogP contribution is 2.25. The van der Waals surface area contributed by atoms with Gasteiger partial charge in [0.2, 0.25) is 0 Å². The minimum Gasteiger partial charge on any atom is -0.351 e. The van der Waals surface area contributed by atoms with Crippen LogP contribution >= 0.6 is 11.3 Å². The second kappa shape index (κ2) is 7.67. The van der Waals surface area contributed by atoms with Gasteiger partial charge in [0, 0.05) is 41.8 Å². The summed E-state index contributed by atoms with van der Waals surface area (Å²) in [6.07, 6.45) is 1.08. The topological polar surface area (TPSA) is 87.5 Å². The van der Waals surface area contributed by atoms with Crippen molar-refractivity contribution in [2.45, 2.75) is 25.9 Å². The monoisotopic (exact) mass is 358 g/mol. The fraction of sp³-hybridized carbons (Fsp3) is 0.333. The van der Waals surface area contributed by atoms with E-state index < -0.39 is 6.03 Å². The molecule has 1 aliphatic heterocycles. The molecule has 25 heavy (non-hydrogen) atoms. The average Bonchev–Trinajstić information content (AvgIpc) is 3.06. The third-order valence-corrected chi connectivity index (χ3v) is 5.43. The number of hydrogen-bond acceptors (Lipinski definition) is 4. The van der Waals surface area contributed by atoms with Crippen molar-refractivity contribution in [3.63, 3.8) is 0 Å². The van der Waals surface area contributed by atoms with E-state index in [1.54, 1.807) is 24.3 Å². The molecular formula is C18H22N4O2S. The lowest BCUT2D eigenvalue weighted by Gasteiger charge is -2.32. The van der Waals surface area contributed by atoms with Crippen LogP contribution in [0.25, 0.3) is 0 Å². The summed E-state index contributed by atoms with van der Waals surface area (Å²) in [5.74, 6) is -0.159. The zero-order valence-corrected chi connectivity index (χ0v) is 14.9. The number of carbonyl (C=O) groups excluding carboxylic acids is 2. The van der Waals surface area contributed by atoms with E-state index >= 15 is 0 Å². The lowest BCUT2D eigenvalue weighted by molar-refractivity contribution is 0.0932. The lowest BCUT2D eigenvalue weighted by Crippen LogP contribution is -2.44. The molecule has 0 bridgehead atoms. The van der Waals surface area contributed by atoms with Crippen molar-refractivity contribution in [2.75, 3.05) is 18.4 Å². The Kier molecular flexibility index (Phi) is 5.35. The first-order valence-electron chi connectivity index (χ1n) is 8.27. The molecule has 0 saturated heterocycles. The molecule has 132 valence electrons. The Bertz CT molecular complexity index is 774. The number of hydrogen-bond donors (Lipinski definition) is 3. The average molecular weight is 358 g/mol. The highest BCUT2D eigenvalue weighted by atomic mass is 32.1. The van der Waals surface area contributed by atoms with Gasteiger partial charge in [-0.3, -0.25) is 9.69 Å². The Morgan fingerprint density at radius 3 is 3.00 bits per heavy atom. The number of primary amides is 1. The van der Waals surface area contributed by atoms with Gasteiger partial charge in [0.15, 0.2) is 0 Å². The quantitative estimate of drug-likeness (QED) is 0.767. The normalized spacial score (nSPS) is 15.2.